The molecule has 8 heteroatoms. The maximum Gasteiger partial charge on any atom is 0.282 e. The number of amides is 1. The first-order valence-corrected chi connectivity index (χ1v) is 7.26. The summed E-state index contributed by atoms with van der Waals surface area (Å²) >= 11 is 7.34. The lowest BCUT2D eigenvalue weighted by Crippen LogP contribution is -2.47. The third-order valence-electron chi connectivity index (χ3n) is 2.99. The van der Waals surface area contributed by atoms with Crippen LogP contribution in [0.25, 0.3) is 0 Å². The van der Waals surface area contributed by atoms with Gasteiger partial charge in [-0.2, -0.15) is 17.0 Å². The van der Waals surface area contributed by atoms with Crippen LogP contribution >= 0.6 is 23.4 Å². The van der Waals surface area contributed by atoms with Crippen LogP contribution in [-0.2, 0) is 0 Å². The number of hydrogen-bond donors (Lipinski definition) is 1. The Morgan fingerprint density at radius 2 is 2.35 bits per heavy atom. The molecule has 1 fully saturated rings. The van der Waals surface area contributed by atoms with Crippen LogP contribution in [0.15, 0.2) is 18.2 Å². The zero-order chi connectivity index (χ0) is 14.8. The predicted molar refractivity (Wildman–Crippen MR) is 75.9 cm³/mol. The Balaban J connectivity index is 2.32. The number of nitrogens with one attached hydrogen (secondary N) is 1. The van der Waals surface area contributed by atoms with Crippen molar-refractivity contribution in [2.75, 3.05) is 11.5 Å². The maximum absolute atomic E-state index is 12.2. The van der Waals surface area contributed by atoms with Gasteiger partial charge in [0.2, 0.25) is 0 Å². The zero-order valence-electron chi connectivity index (χ0n) is 10.3. The SMILES string of the molecule is N#CC1(NC(=O)c2cc(Cl)ccc2[N+](=O)[O-])CCSC1. The third-order valence-corrected chi connectivity index (χ3v) is 4.41. The largest absolute Gasteiger partial charge is 0.333 e. The standard InChI is InChI=1S/C12H10ClN3O3S/c13-8-1-2-10(16(18)19)9(5-8)11(17)15-12(6-14)3-4-20-7-12/h1-2,5H,3-4,7H2,(H,15,17). The molecule has 1 aliphatic heterocycles. The number of carbonyl (C=O) groups excluding carboxylic acids is 1. The van der Waals surface area contributed by atoms with E-state index in [1.165, 1.54) is 18.2 Å². The number of nitro groups is 1. The van der Waals surface area contributed by atoms with Crippen molar-refractivity contribution in [2.45, 2.75) is 12.0 Å². The number of halogens is 1. The zero-order valence-corrected chi connectivity index (χ0v) is 11.8. The van der Waals surface area contributed by atoms with Crippen LogP contribution in [-0.4, -0.2) is 27.9 Å². The first-order valence-electron chi connectivity index (χ1n) is 5.73. The summed E-state index contributed by atoms with van der Waals surface area (Å²) in [6.07, 6.45) is 0.522. The molecule has 1 aliphatic rings. The highest BCUT2D eigenvalue weighted by Crippen LogP contribution is 2.29. The molecule has 20 heavy (non-hydrogen) atoms. The molecular weight excluding hydrogens is 302 g/mol. The monoisotopic (exact) mass is 311 g/mol. The van der Waals surface area contributed by atoms with Crippen LogP contribution in [0.3, 0.4) is 0 Å². The second-order valence-electron chi connectivity index (χ2n) is 4.37. The molecule has 1 amide bonds. The quantitative estimate of drug-likeness (QED) is 0.683. The highest BCUT2D eigenvalue weighted by molar-refractivity contribution is 7.99. The summed E-state index contributed by atoms with van der Waals surface area (Å²) in [6, 6.07) is 5.85. The van der Waals surface area contributed by atoms with E-state index in [2.05, 4.69) is 11.4 Å². The van der Waals surface area contributed by atoms with Gasteiger partial charge < -0.3 is 5.32 Å². The van der Waals surface area contributed by atoms with Gasteiger partial charge in [-0.15, -0.1) is 0 Å². The molecule has 0 spiro atoms. The van der Waals surface area contributed by atoms with E-state index in [9.17, 15) is 20.2 Å². The van der Waals surface area contributed by atoms with Gasteiger partial charge in [-0.1, -0.05) is 11.6 Å². The minimum Gasteiger partial charge on any atom is -0.333 e. The van der Waals surface area contributed by atoms with E-state index in [0.717, 1.165) is 5.75 Å². The molecule has 1 aromatic rings. The van der Waals surface area contributed by atoms with Crippen LogP contribution in [0.1, 0.15) is 16.8 Å². The van der Waals surface area contributed by atoms with Crippen molar-refractivity contribution < 1.29 is 9.72 Å². The van der Waals surface area contributed by atoms with Gasteiger partial charge >= 0.3 is 0 Å². The van der Waals surface area contributed by atoms with Crippen LogP contribution in [0, 0.1) is 21.4 Å². The van der Waals surface area contributed by atoms with Crippen LogP contribution in [0.5, 0.6) is 0 Å². The molecule has 6 nitrogen and oxygen atoms in total. The fourth-order valence-corrected chi connectivity index (χ4v) is 3.35. The number of nitriles is 1. The van der Waals surface area contributed by atoms with Gasteiger partial charge in [-0.3, -0.25) is 14.9 Å². The van der Waals surface area contributed by atoms with Crippen molar-refractivity contribution in [2.24, 2.45) is 0 Å². The Hall–Kier alpha value is -1.78. The average molecular weight is 312 g/mol. The fourth-order valence-electron chi connectivity index (χ4n) is 1.91. The van der Waals surface area contributed by atoms with Gasteiger partial charge in [-0.25, -0.2) is 0 Å². The van der Waals surface area contributed by atoms with Crippen molar-refractivity contribution in [3.8, 4) is 6.07 Å². The minimum absolute atomic E-state index is 0.131. The Labute approximate surface area is 124 Å². The van der Waals surface area contributed by atoms with E-state index >= 15 is 0 Å². The predicted octanol–water partition coefficient (Wildman–Crippen LogP) is 2.38. The summed E-state index contributed by atoms with van der Waals surface area (Å²) in [6.45, 7) is 0. The van der Waals surface area contributed by atoms with Crippen molar-refractivity contribution in [3.63, 3.8) is 0 Å². The molecule has 0 saturated carbocycles. The first-order chi connectivity index (χ1) is 9.47. The van der Waals surface area contributed by atoms with Gasteiger partial charge in [0.05, 0.1) is 11.0 Å². The smallest absolute Gasteiger partial charge is 0.282 e. The van der Waals surface area contributed by atoms with Gasteiger partial charge in [0.25, 0.3) is 11.6 Å². The molecule has 0 radical (unpaired) electrons. The summed E-state index contributed by atoms with van der Waals surface area (Å²) in [7, 11) is 0. The van der Waals surface area contributed by atoms with E-state index < -0.39 is 16.4 Å². The molecule has 104 valence electrons. The maximum atomic E-state index is 12.2. The third kappa shape index (κ3) is 2.86. The second kappa shape index (κ2) is 5.69. The van der Waals surface area contributed by atoms with E-state index in [1.54, 1.807) is 11.8 Å². The normalized spacial score (nSPS) is 21.2. The topological polar surface area (TPSA) is 96.0 Å². The van der Waals surface area contributed by atoms with Gasteiger partial charge in [0.1, 0.15) is 11.1 Å². The van der Waals surface area contributed by atoms with Crippen molar-refractivity contribution >= 4 is 35.0 Å². The summed E-state index contributed by atoms with van der Waals surface area (Å²) < 4.78 is 0. The van der Waals surface area contributed by atoms with E-state index in [1.807, 2.05) is 0 Å². The summed E-state index contributed by atoms with van der Waals surface area (Å²) in [5, 5.41) is 23.0. The van der Waals surface area contributed by atoms with Crippen LogP contribution in [0.2, 0.25) is 5.02 Å². The second-order valence-corrected chi connectivity index (χ2v) is 5.91. The molecule has 2 rings (SSSR count). The molecule has 0 bridgehead atoms. The number of thioether (sulfide) groups is 1. The number of carbonyl (C=O) groups is 1. The van der Waals surface area contributed by atoms with Crippen molar-refractivity contribution in [1.82, 2.24) is 5.32 Å². The van der Waals surface area contributed by atoms with Crippen molar-refractivity contribution in [3.05, 3.63) is 38.9 Å². The Morgan fingerprint density at radius 3 is 2.90 bits per heavy atom. The number of nitrogens with zero attached hydrogens (tertiary/aromatic N) is 2. The number of hydrogen-bond acceptors (Lipinski definition) is 5. The lowest BCUT2D eigenvalue weighted by atomic mass is 10.00. The van der Waals surface area contributed by atoms with E-state index in [4.69, 9.17) is 11.6 Å². The van der Waals surface area contributed by atoms with Crippen LogP contribution < -0.4 is 5.32 Å². The fraction of sp³-hybridized carbons (Fsp3) is 0.333. The molecule has 1 saturated heterocycles. The Morgan fingerprint density at radius 1 is 1.60 bits per heavy atom. The number of rotatable bonds is 3. The van der Waals surface area contributed by atoms with Crippen LogP contribution in [0.4, 0.5) is 5.69 Å². The molecule has 1 N–H and O–H groups in total. The number of nitro benzene ring substituents is 1. The van der Waals surface area contributed by atoms with Gasteiger partial charge in [-0.05, 0) is 24.3 Å². The minimum atomic E-state index is -0.960. The molecule has 1 heterocycles. The highest BCUT2D eigenvalue weighted by atomic mass is 35.5. The summed E-state index contributed by atoms with van der Waals surface area (Å²) in [4.78, 5) is 22.5. The summed E-state index contributed by atoms with van der Waals surface area (Å²) in [5.41, 5.74) is -1.42. The average Bonchev–Trinajstić information content (AvgIpc) is 2.87. The highest BCUT2D eigenvalue weighted by Gasteiger charge is 2.37. The van der Waals surface area contributed by atoms with E-state index in [-0.39, 0.29) is 16.3 Å². The molecule has 0 aliphatic carbocycles. The molecule has 1 aromatic carbocycles. The van der Waals surface area contributed by atoms with Gasteiger partial charge in [0.15, 0.2) is 0 Å². The molecule has 1 unspecified atom stereocenters. The lowest BCUT2D eigenvalue weighted by molar-refractivity contribution is -0.385. The van der Waals surface area contributed by atoms with Gasteiger partial charge in [0, 0.05) is 16.8 Å². The Kier molecular flexibility index (Phi) is 4.16. The lowest BCUT2D eigenvalue weighted by Gasteiger charge is -2.21. The summed E-state index contributed by atoms with van der Waals surface area (Å²) in [5.74, 6) is 0.595. The molecule has 0 aromatic heterocycles. The Bertz CT molecular complexity index is 608. The first kappa shape index (κ1) is 14.6. The van der Waals surface area contributed by atoms with E-state index in [0.29, 0.717) is 12.2 Å². The number of benzene rings is 1. The molecule has 1 atom stereocenters. The van der Waals surface area contributed by atoms with Crippen molar-refractivity contribution in [1.29, 1.82) is 5.26 Å². The molecular formula is C12H10ClN3O3S.